The van der Waals surface area contributed by atoms with E-state index in [0.717, 1.165) is 10.3 Å². The molecule has 0 aliphatic rings. The van der Waals surface area contributed by atoms with E-state index in [4.69, 9.17) is 4.74 Å². The van der Waals surface area contributed by atoms with Crippen LogP contribution in [0.4, 0.5) is 0 Å². The van der Waals surface area contributed by atoms with Crippen molar-refractivity contribution in [1.29, 1.82) is 0 Å². The van der Waals surface area contributed by atoms with Gasteiger partial charge in [-0.3, -0.25) is 9.59 Å². The third-order valence-corrected chi connectivity index (χ3v) is 4.07. The molecule has 0 spiro atoms. The van der Waals surface area contributed by atoms with E-state index < -0.39 is 12.1 Å². The summed E-state index contributed by atoms with van der Waals surface area (Å²) in [5.74, 6) is -0.481. The monoisotopic (exact) mass is 317 g/mol. The Hall–Kier alpha value is -2.01. The number of hydrogen-bond acceptors (Lipinski definition) is 4. The van der Waals surface area contributed by atoms with Crippen LogP contribution in [0.5, 0.6) is 0 Å². The van der Waals surface area contributed by atoms with Gasteiger partial charge < -0.3 is 10.1 Å². The molecule has 4 nitrogen and oxygen atoms in total. The second-order valence-electron chi connectivity index (χ2n) is 4.82. The molecular weight excluding hydrogens is 298 g/mol. The van der Waals surface area contributed by atoms with Crippen molar-refractivity contribution in [3.63, 3.8) is 0 Å². The van der Waals surface area contributed by atoms with E-state index in [-0.39, 0.29) is 11.7 Å². The topological polar surface area (TPSA) is 55.4 Å². The molecule has 0 aliphatic heterocycles. The molecule has 0 fully saturated rings. The van der Waals surface area contributed by atoms with Crippen molar-refractivity contribution in [2.24, 2.45) is 0 Å². The van der Waals surface area contributed by atoms with Crippen molar-refractivity contribution in [1.82, 2.24) is 5.32 Å². The normalized spacial score (nSPS) is 11.9. The molecule has 1 N–H and O–H groups in total. The lowest BCUT2D eigenvalue weighted by Gasteiger charge is -2.12. The molecule has 22 heavy (non-hydrogen) atoms. The van der Waals surface area contributed by atoms with E-state index in [1.165, 1.54) is 17.1 Å². The molecule has 2 rings (SSSR count). The maximum atomic E-state index is 11.8. The van der Waals surface area contributed by atoms with Crippen molar-refractivity contribution in [3.05, 3.63) is 42.5 Å². The van der Waals surface area contributed by atoms with Crippen molar-refractivity contribution < 1.29 is 14.3 Å². The minimum absolute atomic E-state index is 0.183. The van der Waals surface area contributed by atoms with Crippen LogP contribution in [-0.4, -0.2) is 30.3 Å². The quantitative estimate of drug-likeness (QED) is 0.657. The molecule has 1 atom stereocenters. The summed E-state index contributed by atoms with van der Waals surface area (Å²) in [5.41, 5.74) is 0. The summed E-state index contributed by atoms with van der Waals surface area (Å²) in [5, 5.41) is 4.92. The van der Waals surface area contributed by atoms with Crippen LogP contribution in [0.2, 0.25) is 0 Å². The first-order valence-corrected chi connectivity index (χ1v) is 8.17. The number of likely N-dealkylation sites (N-methyl/N-ethyl adjacent to an activating group) is 1. The average molecular weight is 317 g/mol. The molecule has 116 valence electrons. The van der Waals surface area contributed by atoms with Crippen molar-refractivity contribution in [3.8, 4) is 0 Å². The van der Waals surface area contributed by atoms with Gasteiger partial charge in [-0.15, -0.1) is 11.8 Å². The predicted octanol–water partition coefficient (Wildman–Crippen LogP) is 3.00. The van der Waals surface area contributed by atoms with Crippen LogP contribution in [0, 0.1) is 0 Å². The third kappa shape index (κ3) is 4.49. The number of esters is 1. The van der Waals surface area contributed by atoms with E-state index >= 15 is 0 Å². The number of rotatable bonds is 6. The smallest absolute Gasteiger partial charge is 0.317 e. The first-order valence-electron chi connectivity index (χ1n) is 7.19. The number of carbonyl (C=O) groups excluding carboxylic acids is 2. The van der Waals surface area contributed by atoms with Gasteiger partial charge >= 0.3 is 5.97 Å². The third-order valence-electron chi connectivity index (χ3n) is 3.11. The molecule has 2 aromatic carbocycles. The minimum Gasteiger partial charge on any atom is -0.452 e. The van der Waals surface area contributed by atoms with Gasteiger partial charge in [0, 0.05) is 11.4 Å². The van der Waals surface area contributed by atoms with Crippen LogP contribution in [0.15, 0.2) is 47.4 Å². The molecular formula is C17H19NO3S. The highest BCUT2D eigenvalue weighted by atomic mass is 32.2. The number of nitrogens with one attached hydrogen (secondary N) is 1. The maximum absolute atomic E-state index is 11.8. The number of fused-ring (bicyclic) bond motifs is 1. The van der Waals surface area contributed by atoms with Gasteiger partial charge in [-0.25, -0.2) is 0 Å². The SMILES string of the molecule is CCNC(=O)[C@@H](C)OC(=O)CSc1ccc2ccccc2c1. The molecule has 0 aromatic heterocycles. The van der Waals surface area contributed by atoms with E-state index in [1.54, 1.807) is 6.92 Å². The molecule has 0 radical (unpaired) electrons. The Labute approximate surface area is 134 Å². The molecule has 1 amide bonds. The average Bonchev–Trinajstić information content (AvgIpc) is 2.53. The van der Waals surface area contributed by atoms with Crippen LogP contribution in [0.3, 0.4) is 0 Å². The van der Waals surface area contributed by atoms with Gasteiger partial charge in [-0.2, -0.15) is 0 Å². The molecule has 0 unspecified atom stereocenters. The Morgan fingerprint density at radius 1 is 1.18 bits per heavy atom. The molecule has 0 saturated carbocycles. The number of carbonyl (C=O) groups is 2. The Morgan fingerprint density at radius 3 is 2.64 bits per heavy atom. The lowest BCUT2D eigenvalue weighted by Crippen LogP contribution is -2.35. The summed E-state index contributed by atoms with van der Waals surface area (Å²) in [6, 6.07) is 14.1. The summed E-state index contributed by atoms with van der Waals surface area (Å²) in [4.78, 5) is 24.3. The Bertz CT molecular complexity index is 672. The lowest BCUT2D eigenvalue weighted by atomic mass is 10.1. The molecule has 2 aromatic rings. The Kier molecular flexibility index (Phi) is 5.83. The first-order chi connectivity index (χ1) is 10.6. The van der Waals surface area contributed by atoms with Crippen LogP contribution >= 0.6 is 11.8 Å². The molecule has 0 heterocycles. The number of thioether (sulfide) groups is 1. The standard InChI is InChI=1S/C17H19NO3S/c1-3-18-17(20)12(2)21-16(19)11-22-15-9-8-13-6-4-5-7-14(13)10-15/h4-10,12H,3,11H2,1-2H3,(H,18,20)/t12-/m1/s1. The van der Waals surface area contributed by atoms with Crippen molar-refractivity contribution >= 4 is 34.4 Å². The van der Waals surface area contributed by atoms with Gasteiger partial charge in [0.2, 0.25) is 0 Å². The van der Waals surface area contributed by atoms with Gasteiger partial charge in [-0.1, -0.05) is 30.3 Å². The summed E-state index contributed by atoms with van der Waals surface area (Å²) in [6.07, 6.45) is -0.760. The van der Waals surface area contributed by atoms with Crippen molar-refractivity contribution in [2.45, 2.75) is 24.8 Å². The van der Waals surface area contributed by atoms with Gasteiger partial charge in [0.15, 0.2) is 6.10 Å². The fraction of sp³-hybridized carbons (Fsp3) is 0.294. The highest BCUT2D eigenvalue weighted by Gasteiger charge is 2.16. The van der Waals surface area contributed by atoms with E-state index in [2.05, 4.69) is 5.32 Å². The van der Waals surface area contributed by atoms with Gasteiger partial charge in [-0.05, 0) is 36.8 Å². The number of ether oxygens (including phenoxy) is 1. The Balaban J connectivity index is 1.88. The summed E-state index contributed by atoms with van der Waals surface area (Å²) >= 11 is 1.40. The molecule has 0 aliphatic carbocycles. The summed E-state index contributed by atoms with van der Waals surface area (Å²) < 4.78 is 5.10. The highest BCUT2D eigenvalue weighted by Crippen LogP contribution is 2.23. The van der Waals surface area contributed by atoms with Gasteiger partial charge in [0.05, 0.1) is 5.75 Å². The van der Waals surface area contributed by atoms with Crippen LogP contribution in [-0.2, 0) is 14.3 Å². The van der Waals surface area contributed by atoms with E-state index in [1.807, 2.05) is 49.4 Å². The number of hydrogen-bond donors (Lipinski definition) is 1. The van der Waals surface area contributed by atoms with Crippen LogP contribution in [0.1, 0.15) is 13.8 Å². The summed E-state index contributed by atoms with van der Waals surface area (Å²) in [7, 11) is 0. The zero-order chi connectivity index (χ0) is 15.9. The van der Waals surface area contributed by atoms with Gasteiger partial charge in [0.1, 0.15) is 0 Å². The first kappa shape index (κ1) is 16.4. The molecule has 0 bridgehead atoms. The van der Waals surface area contributed by atoms with E-state index in [0.29, 0.717) is 6.54 Å². The zero-order valence-electron chi connectivity index (χ0n) is 12.7. The Morgan fingerprint density at radius 2 is 1.91 bits per heavy atom. The van der Waals surface area contributed by atoms with Gasteiger partial charge in [0.25, 0.3) is 5.91 Å². The van der Waals surface area contributed by atoms with E-state index in [9.17, 15) is 9.59 Å². The number of benzene rings is 2. The predicted molar refractivity (Wildman–Crippen MR) is 88.9 cm³/mol. The second-order valence-corrected chi connectivity index (χ2v) is 5.87. The maximum Gasteiger partial charge on any atom is 0.317 e. The second kappa shape index (κ2) is 7.84. The molecule has 0 saturated heterocycles. The zero-order valence-corrected chi connectivity index (χ0v) is 13.5. The molecule has 5 heteroatoms. The minimum atomic E-state index is -0.760. The number of amides is 1. The largest absolute Gasteiger partial charge is 0.452 e. The van der Waals surface area contributed by atoms with Crippen LogP contribution < -0.4 is 5.32 Å². The van der Waals surface area contributed by atoms with Crippen LogP contribution in [0.25, 0.3) is 10.8 Å². The fourth-order valence-electron chi connectivity index (χ4n) is 2.00. The van der Waals surface area contributed by atoms with Crippen molar-refractivity contribution in [2.75, 3.05) is 12.3 Å². The fourth-order valence-corrected chi connectivity index (χ4v) is 2.73. The highest BCUT2D eigenvalue weighted by molar-refractivity contribution is 8.00. The lowest BCUT2D eigenvalue weighted by molar-refractivity contribution is -0.152. The summed E-state index contributed by atoms with van der Waals surface area (Å²) in [6.45, 7) is 3.91.